The fraction of sp³-hybridized carbons (Fsp3) is 0.286. The summed E-state index contributed by atoms with van der Waals surface area (Å²) in [7, 11) is 0. The zero-order valence-electron chi connectivity index (χ0n) is 16.3. The molecule has 1 N–H and O–H groups in total. The molecule has 4 aromatic rings. The normalized spacial score (nSPS) is 11.2. The fourth-order valence-corrected chi connectivity index (χ4v) is 4.30. The van der Waals surface area contributed by atoms with Crippen LogP contribution in [0.3, 0.4) is 0 Å². The highest BCUT2D eigenvalue weighted by Gasteiger charge is 2.14. The van der Waals surface area contributed by atoms with Crippen LogP contribution in [0.25, 0.3) is 15.7 Å². The van der Waals surface area contributed by atoms with E-state index < -0.39 is 0 Å². The molecule has 1 amide bonds. The minimum atomic E-state index is -0.281. The third kappa shape index (κ3) is 3.75. The van der Waals surface area contributed by atoms with Crippen molar-refractivity contribution in [1.82, 2.24) is 19.5 Å². The lowest BCUT2D eigenvalue weighted by Crippen LogP contribution is -2.34. The number of carbonyl (C=O) groups excluding carboxylic acids is 1. The number of thiophene rings is 1. The lowest BCUT2D eigenvalue weighted by atomic mass is 10.2. The van der Waals surface area contributed by atoms with Crippen molar-refractivity contribution < 1.29 is 9.53 Å². The van der Waals surface area contributed by atoms with Crippen molar-refractivity contribution in [3.05, 3.63) is 63.5 Å². The number of fused-ring (bicyclic) bond motifs is 3. The molecule has 0 aliphatic carbocycles. The molecule has 0 aliphatic heterocycles. The predicted molar refractivity (Wildman–Crippen MR) is 114 cm³/mol. The van der Waals surface area contributed by atoms with E-state index in [9.17, 15) is 9.59 Å². The molecule has 1 aromatic carbocycles. The lowest BCUT2D eigenvalue weighted by Gasteiger charge is -2.11. The second-order valence-corrected chi connectivity index (χ2v) is 7.79. The Morgan fingerprint density at radius 1 is 1.21 bits per heavy atom. The first-order valence-corrected chi connectivity index (χ1v) is 10.4. The molecule has 3 aromatic heterocycles. The summed E-state index contributed by atoms with van der Waals surface area (Å²) in [6, 6.07) is 11.5. The van der Waals surface area contributed by atoms with Gasteiger partial charge in [-0.15, -0.1) is 11.3 Å². The third-order valence-electron chi connectivity index (χ3n) is 4.73. The van der Waals surface area contributed by atoms with Gasteiger partial charge in [0, 0.05) is 17.0 Å². The molecule has 0 radical (unpaired) electrons. The first kappa shape index (κ1) is 19.2. The van der Waals surface area contributed by atoms with E-state index in [1.54, 1.807) is 22.1 Å². The Kier molecular flexibility index (Phi) is 5.35. The Bertz CT molecular complexity index is 1240. The number of hydrogen-bond acceptors (Lipinski definition) is 5. The van der Waals surface area contributed by atoms with Crippen molar-refractivity contribution >= 4 is 33.0 Å². The maximum atomic E-state index is 12.8. The van der Waals surface area contributed by atoms with Gasteiger partial charge in [-0.05, 0) is 31.5 Å². The molecular weight excluding hydrogens is 388 g/mol. The van der Waals surface area contributed by atoms with Gasteiger partial charge >= 0.3 is 0 Å². The molecule has 0 spiro atoms. The summed E-state index contributed by atoms with van der Waals surface area (Å²) < 4.78 is 9.61. The third-order valence-corrected chi connectivity index (χ3v) is 5.94. The Balaban J connectivity index is 1.51. The van der Waals surface area contributed by atoms with Gasteiger partial charge in [-0.2, -0.15) is 5.10 Å². The van der Waals surface area contributed by atoms with E-state index in [0.717, 1.165) is 28.0 Å². The molecule has 0 unspecified atom stereocenters. The van der Waals surface area contributed by atoms with Crippen LogP contribution in [-0.2, 0) is 24.3 Å². The Hall–Kier alpha value is -3.13. The number of nitrogens with zero attached hydrogens (tertiary/aromatic N) is 3. The van der Waals surface area contributed by atoms with E-state index in [1.807, 2.05) is 37.3 Å². The molecule has 8 heteroatoms. The van der Waals surface area contributed by atoms with Gasteiger partial charge in [0.1, 0.15) is 24.1 Å². The molecule has 0 saturated heterocycles. The van der Waals surface area contributed by atoms with Gasteiger partial charge in [0.2, 0.25) is 5.91 Å². The Labute approximate surface area is 171 Å². The maximum Gasteiger partial charge on any atom is 0.291 e. The van der Waals surface area contributed by atoms with Crippen LogP contribution in [0.2, 0.25) is 0 Å². The molecule has 29 heavy (non-hydrogen) atoms. The zero-order valence-corrected chi connectivity index (χ0v) is 17.2. The molecular formula is C21H22N4O3S. The second-order valence-electron chi connectivity index (χ2n) is 6.63. The number of aryl methyl sites for hydroxylation is 1. The van der Waals surface area contributed by atoms with Crippen LogP contribution in [-0.4, -0.2) is 26.7 Å². The number of para-hydroxylation sites is 1. The molecule has 0 atom stereocenters. The highest BCUT2D eigenvalue weighted by Crippen LogP contribution is 2.28. The number of amides is 1. The highest BCUT2D eigenvalue weighted by molar-refractivity contribution is 7.19. The van der Waals surface area contributed by atoms with Crippen LogP contribution in [0.4, 0.5) is 0 Å². The summed E-state index contributed by atoms with van der Waals surface area (Å²) in [6.45, 7) is 4.77. The van der Waals surface area contributed by atoms with Crippen molar-refractivity contribution in [2.45, 2.75) is 33.4 Å². The summed E-state index contributed by atoms with van der Waals surface area (Å²) in [6.07, 6.45) is 2.56. The van der Waals surface area contributed by atoms with Crippen molar-refractivity contribution in [2.75, 3.05) is 6.61 Å². The number of rotatable bonds is 7. The summed E-state index contributed by atoms with van der Waals surface area (Å²) in [5.41, 5.74) is 2.12. The van der Waals surface area contributed by atoms with E-state index in [1.165, 1.54) is 9.56 Å². The van der Waals surface area contributed by atoms with Gasteiger partial charge in [-0.3, -0.25) is 14.0 Å². The van der Waals surface area contributed by atoms with Gasteiger partial charge in [0.25, 0.3) is 5.56 Å². The Morgan fingerprint density at radius 3 is 2.83 bits per heavy atom. The topological polar surface area (TPSA) is 77.6 Å². The van der Waals surface area contributed by atoms with E-state index in [0.29, 0.717) is 18.7 Å². The van der Waals surface area contributed by atoms with Gasteiger partial charge in [-0.1, -0.05) is 25.1 Å². The monoisotopic (exact) mass is 410 g/mol. The van der Waals surface area contributed by atoms with Crippen molar-refractivity contribution in [2.24, 2.45) is 0 Å². The van der Waals surface area contributed by atoms with E-state index in [2.05, 4.69) is 23.4 Å². The van der Waals surface area contributed by atoms with Gasteiger partial charge in [0.15, 0.2) is 0 Å². The zero-order chi connectivity index (χ0) is 20.4. The predicted octanol–water partition coefficient (Wildman–Crippen LogP) is 2.99. The van der Waals surface area contributed by atoms with Crippen LogP contribution in [0.5, 0.6) is 5.75 Å². The summed E-state index contributed by atoms with van der Waals surface area (Å²) in [4.78, 5) is 26.4. The Morgan fingerprint density at radius 2 is 2.03 bits per heavy atom. The average Bonchev–Trinajstić information content (AvgIpc) is 3.28. The SMILES string of the molecule is CCOc1ccccc1CNC(=O)Cn1ncn2c(cc3sc(CC)cc32)c1=O. The fourth-order valence-electron chi connectivity index (χ4n) is 3.27. The molecule has 150 valence electrons. The first-order chi connectivity index (χ1) is 14.1. The number of aromatic nitrogens is 3. The van der Waals surface area contributed by atoms with Crippen LogP contribution in [0.1, 0.15) is 24.3 Å². The molecule has 4 rings (SSSR count). The first-order valence-electron chi connectivity index (χ1n) is 9.57. The standard InChI is InChI=1S/C21H22N4O3S/c1-3-15-9-16-19(29-15)10-17-21(27)25(23-13-24(16)17)12-20(26)22-11-14-7-5-6-8-18(14)28-4-2/h5-10,13H,3-4,11-12H2,1-2H3,(H,22,26). The van der Waals surface area contributed by atoms with Crippen LogP contribution < -0.4 is 15.6 Å². The minimum absolute atomic E-state index is 0.134. The van der Waals surface area contributed by atoms with Crippen molar-refractivity contribution in [1.29, 1.82) is 0 Å². The molecule has 0 fully saturated rings. The maximum absolute atomic E-state index is 12.8. The lowest BCUT2D eigenvalue weighted by molar-refractivity contribution is -0.122. The van der Waals surface area contributed by atoms with E-state index in [4.69, 9.17) is 4.74 Å². The van der Waals surface area contributed by atoms with Gasteiger partial charge in [0.05, 0.1) is 16.8 Å². The van der Waals surface area contributed by atoms with E-state index in [-0.39, 0.29) is 18.0 Å². The molecule has 0 aliphatic rings. The van der Waals surface area contributed by atoms with Gasteiger partial charge < -0.3 is 10.1 Å². The number of hydrogen-bond donors (Lipinski definition) is 1. The second kappa shape index (κ2) is 8.08. The molecule has 7 nitrogen and oxygen atoms in total. The number of ether oxygens (including phenoxy) is 1. The number of nitrogens with one attached hydrogen (secondary N) is 1. The smallest absolute Gasteiger partial charge is 0.291 e. The van der Waals surface area contributed by atoms with Crippen LogP contribution in [0.15, 0.2) is 47.5 Å². The highest BCUT2D eigenvalue weighted by atomic mass is 32.1. The van der Waals surface area contributed by atoms with Crippen molar-refractivity contribution in [3.63, 3.8) is 0 Å². The minimum Gasteiger partial charge on any atom is -0.494 e. The largest absolute Gasteiger partial charge is 0.494 e. The van der Waals surface area contributed by atoms with Gasteiger partial charge in [-0.25, -0.2) is 4.68 Å². The van der Waals surface area contributed by atoms with Crippen LogP contribution >= 0.6 is 11.3 Å². The molecule has 0 bridgehead atoms. The quantitative estimate of drug-likeness (QED) is 0.508. The average molecular weight is 410 g/mol. The van der Waals surface area contributed by atoms with Crippen molar-refractivity contribution in [3.8, 4) is 5.75 Å². The number of carbonyl (C=O) groups is 1. The summed E-state index contributed by atoms with van der Waals surface area (Å²) in [5, 5.41) is 7.03. The van der Waals surface area contributed by atoms with E-state index >= 15 is 0 Å². The number of benzene rings is 1. The summed E-state index contributed by atoms with van der Waals surface area (Å²) >= 11 is 1.67. The molecule has 3 heterocycles. The van der Waals surface area contributed by atoms with Crippen LogP contribution in [0, 0.1) is 0 Å². The molecule has 0 saturated carbocycles. The summed E-state index contributed by atoms with van der Waals surface area (Å²) in [5.74, 6) is 0.462.